The number of nitrogens with one attached hydrogen (secondary N) is 1. The Kier molecular flexibility index (Phi) is 2.68. The number of hydrogen-bond acceptors (Lipinski definition) is 2. The number of benzene rings is 1. The Balaban J connectivity index is 2.05. The summed E-state index contributed by atoms with van der Waals surface area (Å²) in [5.41, 5.74) is 0.938. The predicted octanol–water partition coefficient (Wildman–Crippen LogP) is 3.56. The Morgan fingerprint density at radius 2 is 2.05 bits per heavy atom. The van der Waals surface area contributed by atoms with Crippen molar-refractivity contribution in [2.45, 2.75) is 39.5 Å². The average Bonchev–Trinajstić information content (AvgIpc) is 2.90. The molecule has 1 fully saturated rings. The minimum Gasteiger partial charge on any atom is -0.481 e. The third-order valence-corrected chi connectivity index (χ3v) is 5.44. The van der Waals surface area contributed by atoms with Crippen LogP contribution in [0.25, 0.3) is 11.0 Å². The highest BCUT2D eigenvalue weighted by Gasteiger charge is 2.57. The number of rotatable bonds is 2. The lowest BCUT2D eigenvalue weighted by atomic mass is 9.65. The van der Waals surface area contributed by atoms with Gasteiger partial charge in [0.05, 0.1) is 16.4 Å². The lowest BCUT2D eigenvalue weighted by Gasteiger charge is -2.37. The molecule has 3 rings (SSSR count). The minimum absolute atomic E-state index is 0.149. The lowest BCUT2D eigenvalue weighted by Crippen LogP contribution is -2.40. The monoisotopic (exact) mass is 272 g/mol. The van der Waals surface area contributed by atoms with Gasteiger partial charge in [0.2, 0.25) is 0 Å². The van der Waals surface area contributed by atoms with Gasteiger partial charge in [-0.3, -0.25) is 4.79 Å². The predicted molar refractivity (Wildman–Crippen MR) is 77.6 cm³/mol. The molecule has 2 atom stereocenters. The molecule has 4 nitrogen and oxygen atoms in total. The van der Waals surface area contributed by atoms with E-state index in [4.69, 9.17) is 0 Å². The molecule has 0 bridgehead atoms. The lowest BCUT2D eigenvalue weighted by molar-refractivity contribution is -0.153. The number of carbonyl (C=O) groups is 1. The summed E-state index contributed by atoms with van der Waals surface area (Å²) in [7, 11) is 0. The van der Waals surface area contributed by atoms with E-state index in [1.807, 2.05) is 45.0 Å². The number of fused-ring (bicyclic) bond motifs is 1. The molecule has 1 saturated carbocycles. The molecular weight excluding hydrogens is 252 g/mol. The molecule has 1 heterocycles. The minimum atomic E-state index is -0.707. The molecular formula is C16H20N2O2. The van der Waals surface area contributed by atoms with Gasteiger partial charge in [0.15, 0.2) is 0 Å². The van der Waals surface area contributed by atoms with Crippen LogP contribution >= 0.6 is 0 Å². The standard InChI is InChI=1S/C16H20N2O2/c1-15(2)10(8-9-16(15,3)14(19)20)13-17-11-6-4-5-7-12(11)18-13/h4-7,10H,8-9H2,1-3H3,(H,17,18)(H,19,20)/t10-,16-/m0/s1. The first-order chi connectivity index (χ1) is 9.36. The van der Waals surface area contributed by atoms with E-state index in [9.17, 15) is 9.90 Å². The largest absolute Gasteiger partial charge is 0.481 e. The number of para-hydroxylation sites is 2. The third-order valence-electron chi connectivity index (χ3n) is 5.44. The Morgan fingerprint density at radius 1 is 1.35 bits per heavy atom. The van der Waals surface area contributed by atoms with Crippen molar-refractivity contribution in [3.8, 4) is 0 Å². The summed E-state index contributed by atoms with van der Waals surface area (Å²) in [6, 6.07) is 7.93. The SMILES string of the molecule is CC1(C)[C@H](c2nc3ccccc3[nH]2)CC[C@@]1(C)C(=O)O. The summed E-state index contributed by atoms with van der Waals surface area (Å²) in [5, 5.41) is 9.58. The van der Waals surface area contributed by atoms with Gasteiger partial charge in [0.1, 0.15) is 5.82 Å². The van der Waals surface area contributed by atoms with Crippen LogP contribution in [0.1, 0.15) is 45.4 Å². The molecule has 0 spiro atoms. The molecule has 106 valence electrons. The fourth-order valence-corrected chi connectivity index (χ4v) is 3.50. The van der Waals surface area contributed by atoms with Crippen molar-refractivity contribution >= 4 is 17.0 Å². The summed E-state index contributed by atoms with van der Waals surface area (Å²) >= 11 is 0. The second kappa shape index (κ2) is 4.08. The van der Waals surface area contributed by atoms with Crippen molar-refractivity contribution in [1.29, 1.82) is 0 Å². The molecule has 0 saturated heterocycles. The summed E-state index contributed by atoms with van der Waals surface area (Å²) in [6.07, 6.45) is 1.55. The van der Waals surface area contributed by atoms with Crippen LogP contribution in [-0.4, -0.2) is 21.0 Å². The van der Waals surface area contributed by atoms with Crippen molar-refractivity contribution in [3.63, 3.8) is 0 Å². The molecule has 0 aliphatic heterocycles. The van der Waals surface area contributed by atoms with Crippen LogP contribution in [0, 0.1) is 10.8 Å². The van der Waals surface area contributed by atoms with E-state index >= 15 is 0 Å². The molecule has 2 N–H and O–H groups in total. The zero-order valence-corrected chi connectivity index (χ0v) is 12.1. The molecule has 20 heavy (non-hydrogen) atoms. The normalized spacial score (nSPS) is 28.9. The summed E-state index contributed by atoms with van der Waals surface area (Å²) < 4.78 is 0. The van der Waals surface area contributed by atoms with Gasteiger partial charge in [-0.25, -0.2) is 4.98 Å². The van der Waals surface area contributed by atoms with Crippen molar-refractivity contribution in [2.75, 3.05) is 0 Å². The topological polar surface area (TPSA) is 66.0 Å². The highest BCUT2D eigenvalue weighted by molar-refractivity contribution is 5.77. The quantitative estimate of drug-likeness (QED) is 0.878. The van der Waals surface area contributed by atoms with Crippen LogP contribution in [0.5, 0.6) is 0 Å². The Hall–Kier alpha value is -1.84. The molecule has 4 heteroatoms. The number of H-pyrrole nitrogens is 1. The molecule has 0 amide bonds. The maximum absolute atomic E-state index is 11.7. The molecule has 1 aliphatic carbocycles. The number of aliphatic carboxylic acids is 1. The molecule has 0 unspecified atom stereocenters. The van der Waals surface area contributed by atoms with Crippen molar-refractivity contribution in [2.24, 2.45) is 10.8 Å². The summed E-state index contributed by atoms with van der Waals surface area (Å²) in [5.74, 6) is 0.360. The van der Waals surface area contributed by atoms with Crippen LogP contribution < -0.4 is 0 Å². The maximum Gasteiger partial charge on any atom is 0.309 e. The smallest absolute Gasteiger partial charge is 0.309 e. The van der Waals surface area contributed by atoms with Crippen LogP contribution in [0.3, 0.4) is 0 Å². The summed E-state index contributed by atoms with van der Waals surface area (Å²) in [4.78, 5) is 19.7. The second-order valence-corrected chi connectivity index (χ2v) is 6.59. The number of imidazole rings is 1. The first-order valence-corrected chi connectivity index (χ1v) is 7.04. The molecule has 0 radical (unpaired) electrons. The van der Waals surface area contributed by atoms with E-state index in [-0.39, 0.29) is 11.3 Å². The maximum atomic E-state index is 11.7. The highest BCUT2D eigenvalue weighted by atomic mass is 16.4. The zero-order chi connectivity index (χ0) is 14.5. The van der Waals surface area contributed by atoms with Crippen LogP contribution in [0.15, 0.2) is 24.3 Å². The number of aromatic amines is 1. The van der Waals surface area contributed by atoms with E-state index in [0.717, 1.165) is 23.3 Å². The van der Waals surface area contributed by atoms with Gasteiger partial charge in [-0.1, -0.05) is 26.0 Å². The fraction of sp³-hybridized carbons (Fsp3) is 0.500. The van der Waals surface area contributed by atoms with Gasteiger partial charge in [-0.2, -0.15) is 0 Å². The van der Waals surface area contributed by atoms with E-state index in [1.54, 1.807) is 0 Å². The van der Waals surface area contributed by atoms with Crippen LogP contribution in [0.4, 0.5) is 0 Å². The number of nitrogens with zero attached hydrogens (tertiary/aromatic N) is 1. The van der Waals surface area contributed by atoms with Gasteiger partial charge < -0.3 is 10.1 Å². The van der Waals surface area contributed by atoms with Crippen molar-refractivity contribution < 1.29 is 9.90 Å². The molecule has 2 aromatic rings. The van der Waals surface area contributed by atoms with Gasteiger partial charge in [-0.15, -0.1) is 0 Å². The number of carboxylic acid groups (broad SMARTS) is 1. The molecule has 1 aromatic carbocycles. The second-order valence-electron chi connectivity index (χ2n) is 6.59. The van der Waals surface area contributed by atoms with Gasteiger partial charge in [0, 0.05) is 5.92 Å². The van der Waals surface area contributed by atoms with Crippen LogP contribution in [0.2, 0.25) is 0 Å². The number of carboxylic acids is 1. The number of aromatic nitrogens is 2. The number of hydrogen-bond donors (Lipinski definition) is 2. The Bertz CT molecular complexity index is 641. The van der Waals surface area contributed by atoms with Crippen molar-refractivity contribution in [1.82, 2.24) is 9.97 Å². The van der Waals surface area contributed by atoms with Crippen LogP contribution in [-0.2, 0) is 4.79 Å². The fourth-order valence-electron chi connectivity index (χ4n) is 3.50. The van der Waals surface area contributed by atoms with Gasteiger partial charge in [0.25, 0.3) is 0 Å². The van der Waals surface area contributed by atoms with Gasteiger partial charge in [-0.05, 0) is 37.3 Å². The first kappa shape index (κ1) is 13.2. The van der Waals surface area contributed by atoms with Crippen molar-refractivity contribution in [3.05, 3.63) is 30.1 Å². The van der Waals surface area contributed by atoms with E-state index < -0.39 is 11.4 Å². The van der Waals surface area contributed by atoms with E-state index in [1.165, 1.54) is 0 Å². The van der Waals surface area contributed by atoms with E-state index in [0.29, 0.717) is 6.42 Å². The molecule has 1 aromatic heterocycles. The summed E-state index contributed by atoms with van der Waals surface area (Å²) in [6.45, 7) is 5.95. The Morgan fingerprint density at radius 3 is 2.65 bits per heavy atom. The first-order valence-electron chi connectivity index (χ1n) is 7.04. The van der Waals surface area contributed by atoms with Gasteiger partial charge >= 0.3 is 5.97 Å². The average molecular weight is 272 g/mol. The third kappa shape index (κ3) is 1.60. The highest BCUT2D eigenvalue weighted by Crippen LogP contribution is 2.59. The van der Waals surface area contributed by atoms with E-state index in [2.05, 4.69) is 9.97 Å². The zero-order valence-electron chi connectivity index (χ0n) is 12.1. The Labute approximate surface area is 118 Å². The molecule has 1 aliphatic rings.